The number of ether oxygens (including phenoxy) is 5. The van der Waals surface area contributed by atoms with Gasteiger partial charge in [-0.05, 0) is 54.8 Å². The number of amides is 2. The molecule has 3 aromatic carbocycles. The molecule has 0 radical (unpaired) electrons. The molecule has 2 N–H and O–H groups in total. The number of carbonyl (C=O) groups excluding carboxylic acids is 2. The van der Waals surface area contributed by atoms with Crippen LogP contribution in [0.4, 0.5) is 24.5 Å². The average Bonchev–Trinajstić information content (AvgIpc) is 3.01. The molecule has 0 bridgehead atoms. The van der Waals surface area contributed by atoms with Crippen molar-refractivity contribution >= 4 is 23.2 Å². The lowest BCUT2D eigenvalue weighted by molar-refractivity contribution is -0.274. The van der Waals surface area contributed by atoms with Gasteiger partial charge in [0.05, 0.1) is 33.9 Å². The Bertz CT molecular complexity index is 1530. The van der Waals surface area contributed by atoms with E-state index >= 15 is 0 Å². The number of allylic oxidation sites excluding steroid dienone is 1. The van der Waals surface area contributed by atoms with E-state index in [1.807, 2.05) is 12.1 Å². The summed E-state index contributed by atoms with van der Waals surface area (Å²) in [4.78, 5) is 26.9. The monoisotopic (exact) mass is 612 g/mol. The molecule has 3 aromatic rings. The van der Waals surface area contributed by atoms with Gasteiger partial charge in [0.1, 0.15) is 11.5 Å². The summed E-state index contributed by atoms with van der Waals surface area (Å²) in [5, 5.41) is 5.60. The molecule has 1 aliphatic rings. The molecule has 0 saturated heterocycles. The standard InChI is InChI=1S/C32H31F3N2O7/c1-40-24-9-5-20(6-10-24)19-31(30(39)37-23-17-26(41-2)28(43-4)27(18-23)42-3)15-13-21(14-16-31)29(38)36-22-7-11-25(12-8-22)44-32(33,34)35/h5-15,17-18H,16,19H2,1-4H3,(H,36,38)(H,37,39). The van der Waals surface area contributed by atoms with E-state index < -0.39 is 23.4 Å². The normalized spacial score (nSPS) is 15.9. The third-order valence-corrected chi connectivity index (χ3v) is 6.93. The molecule has 1 unspecified atom stereocenters. The molecule has 0 heterocycles. The van der Waals surface area contributed by atoms with Gasteiger partial charge in [0.15, 0.2) is 11.5 Å². The minimum absolute atomic E-state index is 0.174. The minimum Gasteiger partial charge on any atom is -0.497 e. The second kappa shape index (κ2) is 13.4. The van der Waals surface area contributed by atoms with Crippen molar-refractivity contribution in [3.8, 4) is 28.7 Å². The summed E-state index contributed by atoms with van der Waals surface area (Å²) in [6.45, 7) is 0. The van der Waals surface area contributed by atoms with Gasteiger partial charge in [0.25, 0.3) is 5.91 Å². The first-order valence-electron chi connectivity index (χ1n) is 13.3. The van der Waals surface area contributed by atoms with Crippen LogP contribution in [0.25, 0.3) is 0 Å². The first-order chi connectivity index (χ1) is 21.0. The van der Waals surface area contributed by atoms with Gasteiger partial charge in [0, 0.05) is 29.1 Å². The van der Waals surface area contributed by atoms with Gasteiger partial charge in [-0.1, -0.05) is 30.4 Å². The Morgan fingerprint density at radius 2 is 1.41 bits per heavy atom. The van der Waals surface area contributed by atoms with Crippen LogP contribution in [-0.4, -0.2) is 46.6 Å². The maximum absolute atomic E-state index is 13.9. The topological polar surface area (TPSA) is 104 Å². The Hall–Kier alpha value is -5.13. The average molecular weight is 613 g/mol. The number of halogens is 3. The highest BCUT2D eigenvalue weighted by Gasteiger charge is 2.38. The lowest BCUT2D eigenvalue weighted by Crippen LogP contribution is -2.38. The van der Waals surface area contributed by atoms with Crippen LogP contribution in [0.1, 0.15) is 12.0 Å². The smallest absolute Gasteiger partial charge is 0.497 e. The fourth-order valence-corrected chi connectivity index (χ4v) is 4.69. The predicted molar refractivity (Wildman–Crippen MR) is 157 cm³/mol. The van der Waals surface area contributed by atoms with Crippen LogP contribution in [0.2, 0.25) is 0 Å². The summed E-state index contributed by atoms with van der Waals surface area (Å²) in [6, 6.07) is 15.3. The van der Waals surface area contributed by atoms with Crippen molar-refractivity contribution in [3.05, 3.63) is 90.0 Å². The number of rotatable bonds is 11. The summed E-state index contributed by atoms with van der Waals surface area (Å²) in [6.07, 6.45) is 0.536. The molecular formula is C32H31F3N2O7. The van der Waals surface area contributed by atoms with Gasteiger partial charge in [0.2, 0.25) is 11.7 Å². The van der Waals surface area contributed by atoms with Crippen LogP contribution >= 0.6 is 0 Å². The molecule has 0 aliphatic heterocycles. The number of methoxy groups -OCH3 is 4. The van der Waals surface area contributed by atoms with Gasteiger partial charge < -0.3 is 34.3 Å². The second-order valence-corrected chi connectivity index (χ2v) is 9.77. The van der Waals surface area contributed by atoms with E-state index in [0.717, 1.165) is 17.7 Å². The van der Waals surface area contributed by atoms with Gasteiger partial charge in [-0.3, -0.25) is 9.59 Å². The molecule has 0 saturated carbocycles. The highest BCUT2D eigenvalue weighted by atomic mass is 19.4. The highest BCUT2D eigenvalue weighted by Crippen LogP contribution is 2.41. The number of benzene rings is 3. The van der Waals surface area contributed by atoms with E-state index in [9.17, 15) is 22.8 Å². The highest BCUT2D eigenvalue weighted by molar-refractivity contribution is 6.07. The number of nitrogens with one attached hydrogen (secondary N) is 2. The van der Waals surface area contributed by atoms with Crippen LogP contribution in [0.3, 0.4) is 0 Å². The SMILES string of the molecule is COc1ccc(CC2(C(=O)Nc3cc(OC)c(OC)c(OC)c3)C=CC(C(=O)Nc3ccc(OC(F)(F)F)cc3)=CC2)cc1. The van der Waals surface area contributed by atoms with Crippen molar-refractivity contribution in [1.82, 2.24) is 0 Å². The Morgan fingerprint density at radius 1 is 0.795 bits per heavy atom. The van der Waals surface area contributed by atoms with E-state index in [1.165, 1.54) is 33.5 Å². The minimum atomic E-state index is -4.82. The third kappa shape index (κ3) is 7.63. The molecular weight excluding hydrogens is 581 g/mol. The fourth-order valence-electron chi connectivity index (χ4n) is 4.69. The Morgan fingerprint density at radius 3 is 1.91 bits per heavy atom. The van der Waals surface area contributed by atoms with E-state index in [0.29, 0.717) is 35.1 Å². The first kappa shape index (κ1) is 31.8. The first-order valence-corrected chi connectivity index (χ1v) is 13.3. The number of hydrogen-bond acceptors (Lipinski definition) is 7. The molecule has 232 valence electrons. The molecule has 1 aliphatic carbocycles. The van der Waals surface area contributed by atoms with Crippen molar-refractivity contribution in [2.45, 2.75) is 19.2 Å². The maximum atomic E-state index is 13.9. The molecule has 0 spiro atoms. The molecule has 12 heteroatoms. The fraction of sp³-hybridized carbons (Fsp3) is 0.250. The molecule has 2 amide bonds. The van der Waals surface area contributed by atoms with E-state index in [-0.39, 0.29) is 23.6 Å². The Balaban J connectivity index is 1.57. The zero-order chi connectivity index (χ0) is 31.9. The van der Waals surface area contributed by atoms with Gasteiger partial charge in [-0.25, -0.2) is 0 Å². The zero-order valence-corrected chi connectivity index (χ0v) is 24.4. The summed E-state index contributed by atoms with van der Waals surface area (Å²) < 4.78 is 62.7. The summed E-state index contributed by atoms with van der Waals surface area (Å²) >= 11 is 0. The van der Waals surface area contributed by atoms with Crippen LogP contribution in [0, 0.1) is 5.41 Å². The summed E-state index contributed by atoms with van der Waals surface area (Å²) in [5.74, 6) is 0.530. The summed E-state index contributed by atoms with van der Waals surface area (Å²) in [7, 11) is 5.99. The van der Waals surface area contributed by atoms with Crippen LogP contribution in [-0.2, 0) is 16.0 Å². The lowest BCUT2D eigenvalue weighted by Gasteiger charge is -2.31. The van der Waals surface area contributed by atoms with Gasteiger partial charge in [-0.2, -0.15) is 0 Å². The lowest BCUT2D eigenvalue weighted by atomic mass is 9.74. The van der Waals surface area contributed by atoms with E-state index in [4.69, 9.17) is 18.9 Å². The molecule has 9 nitrogen and oxygen atoms in total. The van der Waals surface area contributed by atoms with Crippen LogP contribution in [0.15, 0.2) is 84.5 Å². The number of anilines is 2. The van der Waals surface area contributed by atoms with Crippen LogP contribution in [0.5, 0.6) is 28.7 Å². The van der Waals surface area contributed by atoms with Crippen molar-refractivity contribution in [2.75, 3.05) is 39.1 Å². The summed E-state index contributed by atoms with van der Waals surface area (Å²) in [5.41, 5.74) is 0.742. The number of hydrogen-bond donors (Lipinski definition) is 2. The van der Waals surface area contributed by atoms with Gasteiger partial charge >= 0.3 is 6.36 Å². The zero-order valence-electron chi connectivity index (χ0n) is 24.4. The van der Waals surface area contributed by atoms with Crippen molar-refractivity contribution in [2.24, 2.45) is 5.41 Å². The Labute approximate surface area is 252 Å². The van der Waals surface area contributed by atoms with E-state index in [2.05, 4.69) is 15.4 Å². The third-order valence-electron chi connectivity index (χ3n) is 6.93. The second-order valence-electron chi connectivity index (χ2n) is 9.77. The molecule has 1 atom stereocenters. The number of carbonyl (C=O) groups is 2. The van der Waals surface area contributed by atoms with Crippen molar-refractivity contribution < 1.29 is 46.4 Å². The molecule has 4 rings (SSSR count). The molecule has 0 aromatic heterocycles. The Kier molecular flexibility index (Phi) is 9.72. The van der Waals surface area contributed by atoms with Crippen molar-refractivity contribution in [1.29, 1.82) is 0 Å². The van der Waals surface area contributed by atoms with Crippen molar-refractivity contribution in [3.63, 3.8) is 0 Å². The quantitative estimate of drug-likeness (QED) is 0.262. The molecule has 44 heavy (non-hydrogen) atoms. The largest absolute Gasteiger partial charge is 0.573 e. The molecule has 0 fully saturated rings. The van der Waals surface area contributed by atoms with E-state index in [1.54, 1.807) is 49.6 Å². The van der Waals surface area contributed by atoms with Gasteiger partial charge in [-0.15, -0.1) is 13.2 Å². The van der Waals surface area contributed by atoms with Crippen LogP contribution < -0.4 is 34.3 Å². The number of alkyl halides is 3. The predicted octanol–water partition coefficient (Wildman–Crippen LogP) is 6.31. The maximum Gasteiger partial charge on any atom is 0.573 e.